The zero-order valence-corrected chi connectivity index (χ0v) is 36.5. The first-order valence-electron chi connectivity index (χ1n) is 21.3. The Labute approximate surface area is 358 Å². The number of hydrogen-bond acceptors (Lipinski definition) is 21. The quantitative estimate of drug-likeness (QED) is 0.0562. The first-order valence-corrected chi connectivity index (χ1v) is 21.3. The van der Waals surface area contributed by atoms with E-state index in [1.54, 1.807) is 0 Å². The van der Waals surface area contributed by atoms with Crippen LogP contribution >= 0.6 is 0 Å². The van der Waals surface area contributed by atoms with Crippen LogP contribution in [0.4, 0.5) is 0 Å². The van der Waals surface area contributed by atoms with Crippen LogP contribution in [0.2, 0.25) is 0 Å². The largest absolute Gasteiger partial charge is 0.378 e. The molecule has 0 fully saturated rings. The van der Waals surface area contributed by atoms with Gasteiger partial charge in [0.05, 0.1) is 251 Å². The molecule has 0 heterocycles. The van der Waals surface area contributed by atoms with Crippen molar-refractivity contribution in [3.63, 3.8) is 0 Å². The number of hydrogen-bond donors (Lipinski definition) is 2. The Morgan fingerprint density at radius 3 is 0.333 bits per heavy atom. The minimum atomic E-state index is 0.205. The standard InChI is InChI=1S/C39H82N2O19/c40-1-2-42-3-4-43-5-6-44-7-8-45-9-10-46-11-12-47-13-14-48-15-16-49-17-18-50-19-20-51-21-22-52-23-24-53-25-26-54-27-28-55-29-30-56-31-32-57-33-34-58-35-36-59-37-38-60-39-41/h1-41H2. The number of nitrogens with two attached hydrogens (primary N) is 2. The van der Waals surface area contributed by atoms with Crippen molar-refractivity contribution in [2.75, 3.05) is 258 Å². The molecule has 0 atom stereocenters. The van der Waals surface area contributed by atoms with Crippen LogP contribution in [0.15, 0.2) is 0 Å². The molecule has 0 aromatic carbocycles. The van der Waals surface area contributed by atoms with Crippen molar-refractivity contribution in [2.24, 2.45) is 11.5 Å². The van der Waals surface area contributed by atoms with Crippen LogP contribution < -0.4 is 11.5 Å². The topological polar surface area (TPSA) is 227 Å². The summed E-state index contributed by atoms with van der Waals surface area (Å²) in [6.45, 7) is 19.4. The maximum atomic E-state index is 5.50. The fraction of sp³-hybridized carbons (Fsp3) is 1.00. The Balaban J connectivity index is 3.06. The number of ether oxygens (including phenoxy) is 19. The Morgan fingerprint density at radius 1 is 0.133 bits per heavy atom. The molecular formula is C39H82N2O19. The van der Waals surface area contributed by atoms with Crippen molar-refractivity contribution in [2.45, 2.75) is 0 Å². The highest BCUT2D eigenvalue weighted by molar-refractivity contribution is 4.41. The van der Waals surface area contributed by atoms with Crippen LogP contribution in [0.1, 0.15) is 0 Å². The lowest BCUT2D eigenvalue weighted by Crippen LogP contribution is -2.16. The predicted octanol–water partition coefficient (Wildman–Crippen LogP) is -0.823. The number of rotatable bonds is 57. The summed E-state index contributed by atoms with van der Waals surface area (Å²) in [6, 6.07) is 0. The van der Waals surface area contributed by atoms with E-state index in [1.807, 2.05) is 0 Å². The summed E-state index contributed by atoms with van der Waals surface area (Å²) in [5.74, 6) is 0. The third-order valence-electron chi connectivity index (χ3n) is 7.08. The van der Waals surface area contributed by atoms with Gasteiger partial charge in [0.1, 0.15) is 0 Å². The van der Waals surface area contributed by atoms with Crippen molar-refractivity contribution >= 4 is 0 Å². The molecule has 0 amide bonds. The van der Waals surface area contributed by atoms with Crippen molar-refractivity contribution < 1.29 is 90.0 Å². The van der Waals surface area contributed by atoms with E-state index >= 15 is 0 Å². The molecule has 0 aliphatic rings. The average molecular weight is 883 g/mol. The van der Waals surface area contributed by atoms with E-state index in [4.69, 9.17) is 101 Å². The zero-order chi connectivity index (χ0) is 43.0. The van der Waals surface area contributed by atoms with Gasteiger partial charge in [-0.15, -0.1) is 0 Å². The minimum Gasteiger partial charge on any atom is -0.378 e. The summed E-state index contributed by atoms with van der Waals surface area (Å²) in [5.41, 5.74) is 10.6. The van der Waals surface area contributed by atoms with Crippen LogP contribution in [-0.4, -0.2) is 258 Å². The van der Waals surface area contributed by atoms with Crippen molar-refractivity contribution in [1.82, 2.24) is 0 Å². The van der Waals surface area contributed by atoms with Crippen LogP contribution in [0.3, 0.4) is 0 Å². The molecule has 60 heavy (non-hydrogen) atoms. The summed E-state index contributed by atoms with van der Waals surface area (Å²) in [5, 5.41) is 0. The highest BCUT2D eigenvalue weighted by atomic mass is 16.6. The fourth-order valence-corrected chi connectivity index (χ4v) is 4.13. The monoisotopic (exact) mass is 883 g/mol. The second kappa shape index (κ2) is 58.2. The van der Waals surface area contributed by atoms with Gasteiger partial charge in [-0.05, 0) is 0 Å². The molecule has 0 aliphatic carbocycles. The minimum absolute atomic E-state index is 0.205. The Hall–Kier alpha value is -0.840. The first kappa shape index (κ1) is 59.2. The van der Waals surface area contributed by atoms with E-state index in [1.165, 1.54) is 0 Å². The third-order valence-corrected chi connectivity index (χ3v) is 7.08. The molecule has 0 rings (SSSR count). The molecule has 4 N–H and O–H groups in total. The first-order chi connectivity index (χ1) is 29.9. The lowest BCUT2D eigenvalue weighted by Gasteiger charge is -2.09. The van der Waals surface area contributed by atoms with Gasteiger partial charge in [0, 0.05) is 6.54 Å². The zero-order valence-electron chi connectivity index (χ0n) is 36.5. The molecule has 21 nitrogen and oxygen atoms in total. The molecule has 362 valence electrons. The summed E-state index contributed by atoms with van der Waals surface area (Å²) in [6.07, 6.45) is 0. The molecule has 21 heteroatoms. The van der Waals surface area contributed by atoms with Crippen molar-refractivity contribution in [3.05, 3.63) is 0 Å². The Kier molecular flexibility index (Phi) is 57.3. The van der Waals surface area contributed by atoms with Gasteiger partial charge in [-0.3, -0.25) is 0 Å². The van der Waals surface area contributed by atoms with Crippen molar-refractivity contribution in [3.8, 4) is 0 Å². The molecule has 0 unspecified atom stereocenters. The van der Waals surface area contributed by atoms with Gasteiger partial charge in [0.2, 0.25) is 0 Å². The average Bonchev–Trinajstić information content (AvgIpc) is 3.26. The maximum absolute atomic E-state index is 5.50. The molecule has 0 aliphatic heterocycles. The summed E-state index contributed by atoms with van der Waals surface area (Å²) in [7, 11) is 0. The van der Waals surface area contributed by atoms with Crippen LogP contribution in [-0.2, 0) is 90.0 Å². The molecule has 0 saturated carbocycles. The normalized spacial score (nSPS) is 11.7. The molecule has 0 bridgehead atoms. The highest BCUT2D eigenvalue weighted by Gasteiger charge is 1.98. The van der Waals surface area contributed by atoms with E-state index < -0.39 is 0 Å². The van der Waals surface area contributed by atoms with E-state index in [2.05, 4.69) is 0 Å². The Bertz CT molecular complexity index is 687. The molecular weight excluding hydrogens is 800 g/mol. The lowest BCUT2D eigenvalue weighted by molar-refractivity contribution is -0.0312. The van der Waals surface area contributed by atoms with E-state index in [-0.39, 0.29) is 6.73 Å². The molecule has 0 radical (unpaired) electrons. The van der Waals surface area contributed by atoms with Gasteiger partial charge < -0.3 is 101 Å². The molecule has 0 aromatic heterocycles. The second-order valence-corrected chi connectivity index (χ2v) is 11.9. The summed E-state index contributed by atoms with van der Waals surface area (Å²) in [4.78, 5) is 0. The van der Waals surface area contributed by atoms with Gasteiger partial charge in [-0.2, -0.15) is 0 Å². The second-order valence-electron chi connectivity index (χ2n) is 11.9. The third kappa shape index (κ3) is 57.2. The molecule has 0 spiro atoms. The SMILES string of the molecule is NCCOCCOCCOCCOCCOCCOCCOCCOCCOCCOCCOCCOCCOCCOCCOCCOCCOCCOCCOCN. The predicted molar refractivity (Wildman–Crippen MR) is 219 cm³/mol. The molecule has 0 saturated heterocycles. The van der Waals surface area contributed by atoms with E-state index in [0.29, 0.717) is 251 Å². The summed E-state index contributed by atoms with van der Waals surface area (Å²) < 4.78 is 103. The van der Waals surface area contributed by atoms with Crippen LogP contribution in [0.5, 0.6) is 0 Å². The van der Waals surface area contributed by atoms with Crippen molar-refractivity contribution in [1.29, 1.82) is 0 Å². The fourth-order valence-electron chi connectivity index (χ4n) is 4.13. The smallest absolute Gasteiger partial charge is 0.0941 e. The maximum Gasteiger partial charge on any atom is 0.0941 e. The van der Waals surface area contributed by atoms with E-state index in [0.717, 1.165) is 0 Å². The molecule has 0 aromatic rings. The van der Waals surface area contributed by atoms with Gasteiger partial charge in [-0.1, -0.05) is 0 Å². The summed E-state index contributed by atoms with van der Waals surface area (Å²) >= 11 is 0. The van der Waals surface area contributed by atoms with Gasteiger partial charge in [-0.25, -0.2) is 0 Å². The van der Waals surface area contributed by atoms with Crippen LogP contribution in [0, 0.1) is 0 Å². The van der Waals surface area contributed by atoms with Gasteiger partial charge >= 0.3 is 0 Å². The van der Waals surface area contributed by atoms with Crippen LogP contribution in [0.25, 0.3) is 0 Å². The van der Waals surface area contributed by atoms with Gasteiger partial charge in [0.25, 0.3) is 0 Å². The highest BCUT2D eigenvalue weighted by Crippen LogP contribution is 1.89. The Morgan fingerprint density at radius 2 is 0.233 bits per heavy atom. The van der Waals surface area contributed by atoms with Gasteiger partial charge in [0.15, 0.2) is 0 Å². The van der Waals surface area contributed by atoms with E-state index in [9.17, 15) is 0 Å². The lowest BCUT2D eigenvalue weighted by atomic mass is 10.6.